The lowest BCUT2D eigenvalue weighted by Crippen LogP contribution is -2.39. The van der Waals surface area contributed by atoms with Crippen LogP contribution in [-0.2, 0) is 13.0 Å². The fourth-order valence-corrected chi connectivity index (χ4v) is 2.75. The van der Waals surface area contributed by atoms with Crippen molar-refractivity contribution in [1.29, 1.82) is 0 Å². The first kappa shape index (κ1) is 14.1. The maximum Gasteiger partial charge on any atom is 0.269 e. The van der Waals surface area contributed by atoms with Gasteiger partial charge in [0, 0.05) is 25.1 Å². The van der Waals surface area contributed by atoms with Gasteiger partial charge in [-0.2, -0.15) is 5.10 Å². The third-order valence-electron chi connectivity index (χ3n) is 3.94. The molecule has 1 aromatic heterocycles. The maximum absolute atomic E-state index is 12.3. The average Bonchev–Trinajstić information content (AvgIpc) is 3.03. The number of nitrogens with zero attached hydrogens (tertiary/aromatic N) is 2. The number of hydrogen-bond acceptors (Lipinski definition) is 3. The van der Waals surface area contributed by atoms with E-state index in [1.807, 2.05) is 19.9 Å². The molecule has 1 amide bonds. The zero-order valence-corrected chi connectivity index (χ0v) is 11.7. The van der Waals surface area contributed by atoms with Crippen LogP contribution in [0.2, 0.25) is 0 Å². The lowest BCUT2D eigenvalue weighted by Gasteiger charge is -2.19. The molecule has 0 radical (unpaired) electrons. The number of rotatable bonds is 5. The molecular weight excluding hydrogens is 242 g/mol. The first-order valence-electron chi connectivity index (χ1n) is 7.18. The van der Waals surface area contributed by atoms with Crippen molar-refractivity contribution in [2.45, 2.75) is 52.1 Å². The summed E-state index contributed by atoms with van der Waals surface area (Å²) in [5.74, 6) is 0.131. The van der Waals surface area contributed by atoms with Crippen LogP contribution in [0.15, 0.2) is 6.07 Å². The molecule has 2 atom stereocenters. The smallest absolute Gasteiger partial charge is 0.269 e. The van der Waals surface area contributed by atoms with Crippen molar-refractivity contribution in [3.05, 3.63) is 17.5 Å². The molecule has 5 nitrogen and oxygen atoms in total. The Hall–Kier alpha value is -1.36. The molecular formula is C14H23N3O2. The van der Waals surface area contributed by atoms with Crippen LogP contribution in [0.3, 0.4) is 0 Å². The summed E-state index contributed by atoms with van der Waals surface area (Å²) in [7, 11) is 0. The number of carbonyl (C=O) groups is 1. The van der Waals surface area contributed by atoms with Crippen molar-refractivity contribution in [3.63, 3.8) is 0 Å². The monoisotopic (exact) mass is 265 g/mol. The molecule has 1 aliphatic rings. The zero-order valence-electron chi connectivity index (χ0n) is 11.7. The van der Waals surface area contributed by atoms with Gasteiger partial charge in [-0.1, -0.05) is 13.3 Å². The van der Waals surface area contributed by atoms with E-state index >= 15 is 0 Å². The summed E-state index contributed by atoms with van der Waals surface area (Å²) in [6.45, 7) is 4.85. The molecule has 1 aromatic rings. The second-order valence-corrected chi connectivity index (χ2v) is 5.14. The Morgan fingerprint density at radius 3 is 2.95 bits per heavy atom. The minimum atomic E-state index is -0.0700. The molecule has 2 rings (SSSR count). The van der Waals surface area contributed by atoms with Gasteiger partial charge < -0.3 is 10.4 Å². The van der Waals surface area contributed by atoms with E-state index in [4.69, 9.17) is 0 Å². The number of nitrogens with one attached hydrogen (secondary N) is 1. The largest absolute Gasteiger partial charge is 0.396 e. The number of aryl methyl sites for hydroxylation is 2. The highest BCUT2D eigenvalue weighted by Gasteiger charge is 2.29. The third kappa shape index (κ3) is 2.97. The standard InChI is InChI=1S/C14H23N3O2/c1-3-11-8-13(17(4-2)16-11)14(19)15-12-7-5-6-10(12)9-18/h8,10,12,18H,3-7,9H2,1-2H3,(H,15,19). The van der Waals surface area contributed by atoms with E-state index in [-0.39, 0.29) is 24.5 Å². The van der Waals surface area contributed by atoms with Gasteiger partial charge in [0.15, 0.2) is 0 Å². The van der Waals surface area contributed by atoms with Crippen LogP contribution in [-0.4, -0.2) is 33.4 Å². The molecule has 1 fully saturated rings. The summed E-state index contributed by atoms with van der Waals surface area (Å²) in [5, 5.41) is 16.7. The predicted molar refractivity (Wildman–Crippen MR) is 73.0 cm³/mol. The molecule has 0 aromatic carbocycles. The van der Waals surface area contributed by atoms with E-state index in [1.165, 1.54) is 0 Å². The first-order chi connectivity index (χ1) is 9.19. The number of hydrogen-bond donors (Lipinski definition) is 2. The molecule has 1 saturated carbocycles. The zero-order chi connectivity index (χ0) is 13.8. The van der Waals surface area contributed by atoms with Crippen molar-refractivity contribution in [2.75, 3.05) is 6.61 Å². The van der Waals surface area contributed by atoms with E-state index in [2.05, 4.69) is 10.4 Å². The van der Waals surface area contributed by atoms with E-state index in [0.29, 0.717) is 12.2 Å². The normalized spacial score (nSPS) is 22.7. The van der Waals surface area contributed by atoms with Crippen LogP contribution >= 0.6 is 0 Å². The third-order valence-corrected chi connectivity index (χ3v) is 3.94. The molecule has 106 valence electrons. The van der Waals surface area contributed by atoms with Crippen LogP contribution < -0.4 is 5.32 Å². The molecule has 0 bridgehead atoms. The van der Waals surface area contributed by atoms with Crippen molar-refractivity contribution >= 4 is 5.91 Å². The highest BCUT2D eigenvalue weighted by molar-refractivity contribution is 5.92. The van der Waals surface area contributed by atoms with E-state index < -0.39 is 0 Å². The summed E-state index contributed by atoms with van der Waals surface area (Å²) < 4.78 is 1.75. The molecule has 19 heavy (non-hydrogen) atoms. The van der Waals surface area contributed by atoms with Gasteiger partial charge in [0.2, 0.25) is 0 Å². The summed E-state index contributed by atoms with van der Waals surface area (Å²) in [6, 6.07) is 1.96. The quantitative estimate of drug-likeness (QED) is 0.844. The Morgan fingerprint density at radius 1 is 1.53 bits per heavy atom. The summed E-state index contributed by atoms with van der Waals surface area (Å²) >= 11 is 0. The summed E-state index contributed by atoms with van der Waals surface area (Å²) in [4.78, 5) is 12.3. The second kappa shape index (κ2) is 6.19. The van der Waals surface area contributed by atoms with Gasteiger partial charge in [0.05, 0.1) is 5.69 Å². The average molecular weight is 265 g/mol. The van der Waals surface area contributed by atoms with E-state index in [0.717, 1.165) is 31.4 Å². The number of aromatic nitrogens is 2. The van der Waals surface area contributed by atoms with Crippen molar-refractivity contribution < 1.29 is 9.90 Å². The SMILES string of the molecule is CCc1cc(C(=O)NC2CCCC2CO)n(CC)n1. The highest BCUT2D eigenvalue weighted by atomic mass is 16.3. The Bertz CT molecular complexity index is 442. The Labute approximate surface area is 114 Å². The van der Waals surface area contributed by atoms with Crippen LogP contribution in [0.4, 0.5) is 0 Å². The number of aliphatic hydroxyl groups is 1. The van der Waals surface area contributed by atoms with Crippen molar-refractivity contribution in [3.8, 4) is 0 Å². The summed E-state index contributed by atoms with van der Waals surface area (Å²) in [5.41, 5.74) is 1.57. The number of aliphatic hydroxyl groups excluding tert-OH is 1. The van der Waals surface area contributed by atoms with Gasteiger partial charge in [-0.15, -0.1) is 0 Å². The topological polar surface area (TPSA) is 67.2 Å². The van der Waals surface area contributed by atoms with Crippen LogP contribution in [0.25, 0.3) is 0 Å². The van der Waals surface area contributed by atoms with Gasteiger partial charge in [-0.25, -0.2) is 0 Å². The molecule has 0 saturated heterocycles. The maximum atomic E-state index is 12.3. The molecule has 5 heteroatoms. The van der Waals surface area contributed by atoms with Gasteiger partial charge in [-0.05, 0) is 32.3 Å². The van der Waals surface area contributed by atoms with Crippen molar-refractivity contribution in [2.24, 2.45) is 5.92 Å². The molecule has 0 aliphatic heterocycles. The van der Waals surface area contributed by atoms with Gasteiger partial charge in [0.1, 0.15) is 5.69 Å². The fourth-order valence-electron chi connectivity index (χ4n) is 2.75. The van der Waals surface area contributed by atoms with Crippen molar-refractivity contribution in [1.82, 2.24) is 15.1 Å². The number of carbonyl (C=O) groups excluding carboxylic acids is 1. The Morgan fingerprint density at radius 2 is 2.32 bits per heavy atom. The number of amides is 1. The van der Waals surface area contributed by atoms with E-state index in [9.17, 15) is 9.90 Å². The van der Waals surface area contributed by atoms with Crippen LogP contribution in [0.1, 0.15) is 49.3 Å². The molecule has 1 aliphatic carbocycles. The van der Waals surface area contributed by atoms with Gasteiger partial charge in [-0.3, -0.25) is 9.48 Å². The molecule has 0 spiro atoms. The summed E-state index contributed by atoms with van der Waals surface area (Å²) in [6.07, 6.45) is 3.85. The second-order valence-electron chi connectivity index (χ2n) is 5.14. The molecule has 1 heterocycles. The Kier molecular flexibility index (Phi) is 4.58. The van der Waals surface area contributed by atoms with E-state index in [1.54, 1.807) is 4.68 Å². The molecule has 2 N–H and O–H groups in total. The van der Waals surface area contributed by atoms with Crippen LogP contribution in [0.5, 0.6) is 0 Å². The lowest BCUT2D eigenvalue weighted by atomic mass is 10.1. The minimum Gasteiger partial charge on any atom is -0.396 e. The Balaban J connectivity index is 2.09. The highest BCUT2D eigenvalue weighted by Crippen LogP contribution is 2.25. The fraction of sp³-hybridized carbons (Fsp3) is 0.714. The van der Waals surface area contributed by atoms with Crippen LogP contribution in [0, 0.1) is 5.92 Å². The predicted octanol–water partition coefficient (Wildman–Crippen LogP) is 1.36. The van der Waals surface area contributed by atoms with Gasteiger partial charge >= 0.3 is 0 Å². The first-order valence-corrected chi connectivity index (χ1v) is 7.18. The minimum absolute atomic E-state index is 0.0700. The molecule has 2 unspecified atom stereocenters. The lowest BCUT2D eigenvalue weighted by molar-refractivity contribution is 0.0905. The van der Waals surface area contributed by atoms with Gasteiger partial charge in [0.25, 0.3) is 5.91 Å².